The lowest BCUT2D eigenvalue weighted by Crippen LogP contribution is -2.37. The van der Waals surface area contributed by atoms with Crippen molar-refractivity contribution in [2.24, 2.45) is 0 Å². The third-order valence-electron chi connectivity index (χ3n) is 16.9. The topological polar surface area (TPSA) is 6.48 Å². The van der Waals surface area contributed by atoms with E-state index in [4.69, 9.17) is 0 Å². The lowest BCUT2D eigenvalue weighted by molar-refractivity contribution is 1.30. The van der Waals surface area contributed by atoms with Crippen LogP contribution in [0.3, 0.4) is 0 Å². The second-order valence-corrected chi connectivity index (χ2v) is 46.9. The third kappa shape index (κ3) is 10.3. The van der Waals surface area contributed by atoms with Gasteiger partial charge in [-0.15, -0.1) is 8.07 Å². The van der Waals surface area contributed by atoms with Crippen molar-refractivity contribution >= 4 is 119 Å². The van der Waals surface area contributed by atoms with E-state index in [0.29, 0.717) is 0 Å². The highest BCUT2D eigenvalue weighted by atomic mass is 28.3. The van der Waals surface area contributed by atoms with E-state index in [-0.39, 0.29) is 0 Å². The van der Waals surface area contributed by atoms with Crippen LogP contribution in [-0.4, -0.2) is 32.3 Å². The minimum Gasteiger partial charge on any atom is -0.310 e. The van der Waals surface area contributed by atoms with Gasteiger partial charge in [-0.25, -0.2) is 0 Å². The van der Waals surface area contributed by atoms with Crippen LogP contribution in [0.15, 0.2) is 243 Å². The Kier molecular flexibility index (Phi) is 14.1. The Morgan fingerprint density at radius 1 is 0.268 bits per heavy atom. The Hall–Kier alpha value is -7.85. The van der Waals surface area contributed by atoms with Gasteiger partial charge in [-0.2, -0.15) is 24.8 Å². The summed E-state index contributed by atoms with van der Waals surface area (Å²) < 4.78 is 0. The first-order valence-electron chi connectivity index (χ1n) is 29.3. The first-order valence-corrected chi connectivity index (χ1v) is 43.3. The minimum absolute atomic E-state index is 1.15. The molecule has 0 radical (unpaired) electrons. The highest BCUT2D eigenvalue weighted by Crippen LogP contribution is 2.53. The average molecular weight is 1130 g/mol. The van der Waals surface area contributed by atoms with Crippen LogP contribution in [0.5, 0.6) is 0 Å². The monoisotopic (exact) mass is 1130 g/mol. The van der Waals surface area contributed by atoms with Crippen molar-refractivity contribution in [3.05, 3.63) is 243 Å². The molecular weight excluding hydrogens is 1050 g/mol. The Bertz CT molecular complexity index is 3860. The van der Waals surface area contributed by atoms with Crippen LogP contribution < -0.4 is 30.5 Å². The molecule has 12 aromatic carbocycles. The molecule has 0 aliphatic carbocycles. The molecule has 2 nitrogen and oxygen atoms in total. The molecule has 0 amide bonds. The fourth-order valence-electron chi connectivity index (χ4n) is 12.2. The molecular formula is C76H76N2Si4-. The fourth-order valence-corrected chi connectivity index (χ4v) is 16.9. The maximum absolute atomic E-state index is 2.56. The molecule has 12 rings (SSSR count). The van der Waals surface area contributed by atoms with E-state index < -0.39 is 32.3 Å². The van der Waals surface area contributed by atoms with E-state index in [0.717, 1.165) is 34.1 Å². The van der Waals surface area contributed by atoms with Gasteiger partial charge < -0.3 is 9.80 Å². The third-order valence-corrected chi connectivity index (χ3v) is 25.2. The van der Waals surface area contributed by atoms with Gasteiger partial charge in [-0.1, -0.05) is 256 Å². The van der Waals surface area contributed by atoms with Crippen molar-refractivity contribution in [1.29, 1.82) is 0 Å². The minimum atomic E-state index is -1.62. The predicted molar refractivity (Wildman–Crippen MR) is 373 cm³/mol. The first kappa shape index (κ1) is 54.7. The van der Waals surface area contributed by atoms with E-state index in [1.165, 1.54) is 97.6 Å². The molecule has 0 unspecified atom stereocenters. The van der Waals surface area contributed by atoms with Crippen molar-refractivity contribution in [2.75, 3.05) is 9.80 Å². The highest BCUT2D eigenvalue weighted by molar-refractivity contribution is 6.90. The Balaban J connectivity index is 1.26. The maximum Gasteiger partial charge on any atom is 0.0775 e. The van der Waals surface area contributed by atoms with Crippen molar-refractivity contribution in [1.82, 2.24) is 0 Å². The molecule has 0 atom stereocenters. The Morgan fingerprint density at radius 2 is 0.549 bits per heavy atom. The second-order valence-electron chi connectivity index (χ2n) is 26.6. The summed E-state index contributed by atoms with van der Waals surface area (Å²) in [6.07, 6.45) is 0. The van der Waals surface area contributed by atoms with Crippen LogP contribution in [0.2, 0.25) is 78.6 Å². The van der Waals surface area contributed by atoms with Gasteiger partial charge in [0, 0.05) is 44.3 Å². The fraction of sp³-hybridized carbons (Fsp3) is 0.158. The molecule has 6 heteroatoms. The summed E-state index contributed by atoms with van der Waals surface area (Å²) in [5.74, 6) is 0. The van der Waals surface area contributed by atoms with Crippen molar-refractivity contribution in [3.8, 4) is 44.5 Å². The number of benzene rings is 12. The van der Waals surface area contributed by atoms with Crippen LogP contribution in [0.4, 0.5) is 34.1 Å². The normalized spacial score (nSPS) is 12.4. The van der Waals surface area contributed by atoms with Crippen LogP contribution in [0, 0.1) is 0 Å². The average Bonchev–Trinajstić information content (AvgIpc) is 1.24. The number of hydrogen-bond donors (Lipinski definition) is 0. The molecule has 0 aliphatic heterocycles. The van der Waals surface area contributed by atoms with E-state index in [9.17, 15) is 0 Å². The van der Waals surface area contributed by atoms with Gasteiger partial charge in [0.2, 0.25) is 0 Å². The molecule has 0 saturated carbocycles. The molecule has 0 fully saturated rings. The molecule has 0 aromatic heterocycles. The van der Waals surface area contributed by atoms with Gasteiger partial charge in [0.15, 0.2) is 0 Å². The largest absolute Gasteiger partial charge is 0.310 e. The lowest BCUT2D eigenvalue weighted by atomic mass is 9.83. The van der Waals surface area contributed by atoms with Crippen molar-refractivity contribution in [2.45, 2.75) is 78.6 Å². The Labute approximate surface area is 491 Å². The van der Waals surface area contributed by atoms with Gasteiger partial charge in [0.1, 0.15) is 0 Å². The van der Waals surface area contributed by atoms with E-state index in [1.807, 2.05) is 0 Å². The van der Waals surface area contributed by atoms with Crippen molar-refractivity contribution < 1.29 is 0 Å². The van der Waals surface area contributed by atoms with Gasteiger partial charge in [-0.05, 0) is 116 Å². The predicted octanol–water partition coefficient (Wildman–Crippen LogP) is 20.4. The quantitative estimate of drug-likeness (QED) is 0.0791. The zero-order valence-electron chi connectivity index (χ0n) is 50.0. The van der Waals surface area contributed by atoms with Gasteiger partial charge in [-0.3, -0.25) is 0 Å². The summed E-state index contributed by atoms with van der Waals surface area (Å²) in [5, 5.41) is 13.2. The molecule has 0 bridgehead atoms. The van der Waals surface area contributed by atoms with E-state index in [1.54, 1.807) is 0 Å². The standard InChI is InChI=1S/C76H76N2Si4/c1-79(2,3)59-39-31-55(32-40-59)77(56-33-41-60(42-34-56)80(4,5)6)73-51-71(65-29-21-19-27-63(65)53-23-15-13-16-24-53)67-48-50-70-74(78(57-35-43-61(44-36-57)81(7,8)9)58-37-45-62(46-38-58)82(10,11)12)52-72(68-47-49-69(73)75(67)76(68)70)66-30-22-20-28-64(66)54-25-17-14-18-26-54/h13-52H,1-12H3/q-1. The van der Waals surface area contributed by atoms with Crippen LogP contribution in [0.1, 0.15) is 0 Å². The Morgan fingerprint density at radius 3 is 0.854 bits per heavy atom. The van der Waals surface area contributed by atoms with Gasteiger partial charge in [0.05, 0.1) is 35.6 Å². The van der Waals surface area contributed by atoms with Crippen LogP contribution >= 0.6 is 0 Å². The number of anilines is 6. The number of hydrogen-bond acceptors (Lipinski definition) is 2. The first-order chi connectivity index (χ1) is 39.2. The molecule has 0 saturated heterocycles. The second kappa shape index (κ2) is 21.2. The van der Waals surface area contributed by atoms with E-state index in [2.05, 4.69) is 331 Å². The summed E-state index contributed by atoms with van der Waals surface area (Å²) in [4.78, 5) is 5.11. The SMILES string of the molecule is C[Si](C)(C)c1ccc(N(c2ccc([Si](C)(C)C)cc2)c2cc(-c3ccccc3-c3ccccc3)c3ccc4c(N(c5ccc([Si](C)(C)C)cc5)c5ccc([Si-](C)(C)C)cc5)cc(-c5ccccc5-c5ccccc5)c5ccc2c3c54)cc1. The highest BCUT2D eigenvalue weighted by Gasteiger charge is 2.29. The van der Waals surface area contributed by atoms with Crippen molar-refractivity contribution in [3.63, 3.8) is 0 Å². The van der Waals surface area contributed by atoms with Crippen LogP contribution in [-0.2, 0) is 0 Å². The van der Waals surface area contributed by atoms with E-state index >= 15 is 0 Å². The van der Waals surface area contributed by atoms with Gasteiger partial charge >= 0.3 is 0 Å². The number of rotatable bonds is 14. The summed E-state index contributed by atoms with van der Waals surface area (Å²) in [7, 11) is -6.47. The number of nitrogens with zero attached hydrogens (tertiary/aromatic N) is 2. The van der Waals surface area contributed by atoms with Gasteiger partial charge in [0.25, 0.3) is 0 Å². The molecule has 0 aliphatic rings. The zero-order valence-corrected chi connectivity index (χ0v) is 54.0. The maximum atomic E-state index is 2.56. The molecule has 82 heavy (non-hydrogen) atoms. The summed E-state index contributed by atoms with van der Waals surface area (Å²) >= 11 is 0. The molecule has 12 aromatic rings. The molecule has 0 N–H and O–H groups in total. The molecule has 0 heterocycles. The lowest BCUT2D eigenvalue weighted by Gasteiger charge is -2.33. The summed E-state index contributed by atoms with van der Waals surface area (Å²) in [6, 6.07) is 93.1. The van der Waals surface area contributed by atoms with Crippen LogP contribution in [0.25, 0.3) is 76.8 Å². The molecule has 407 valence electrons. The summed E-state index contributed by atoms with van der Waals surface area (Å²) in [5.41, 5.74) is 16.5. The molecule has 0 spiro atoms. The summed E-state index contributed by atoms with van der Waals surface area (Å²) in [6.45, 7) is 29.3. The smallest absolute Gasteiger partial charge is 0.0775 e. The zero-order chi connectivity index (χ0) is 57.3.